The minimum absolute atomic E-state index is 0.336. The summed E-state index contributed by atoms with van der Waals surface area (Å²) in [4.78, 5) is 11.9. The third-order valence-electron chi connectivity index (χ3n) is 3.09. The highest BCUT2D eigenvalue weighted by Gasteiger charge is 2.18. The van der Waals surface area contributed by atoms with E-state index in [1.54, 1.807) is 18.2 Å². The molecule has 5 N–H and O–H groups in total. The molecule has 0 spiro atoms. The van der Waals surface area contributed by atoms with Crippen molar-refractivity contribution in [2.45, 2.75) is 25.3 Å². The van der Waals surface area contributed by atoms with Crippen molar-refractivity contribution in [3.05, 3.63) is 45.6 Å². The zero-order valence-corrected chi connectivity index (χ0v) is 11.8. The maximum Gasteiger partial charge on any atom is 0.348 e. The number of nitrogens with two attached hydrogens (primary N) is 2. The van der Waals surface area contributed by atoms with Crippen molar-refractivity contribution in [2.75, 3.05) is 6.54 Å². The first-order valence-corrected chi connectivity index (χ1v) is 6.90. The highest BCUT2D eigenvalue weighted by molar-refractivity contribution is 6.32. The van der Waals surface area contributed by atoms with Crippen LogP contribution < -0.4 is 17.2 Å². The SMILES string of the molecule is NCCCCC(N)c1n[nH]c(=O)n1-c1ccccc1Cl. The number of nitrogens with zero attached hydrogens (tertiary/aromatic N) is 2. The first kappa shape index (κ1) is 14.8. The second kappa shape index (κ2) is 6.69. The minimum Gasteiger partial charge on any atom is -0.330 e. The van der Waals surface area contributed by atoms with E-state index in [9.17, 15) is 4.79 Å². The van der Waals surface area contributed by atoms with Gasteiger partial charge in [-0.25, -0.2) is 14.5 Å². The number of benzene rings is 1. The Morgan fingerprint density at radius 1 is 1.35 bits per heavy atom. The molecule has 6 nitrogen and oxygen atoms in total. The van der Waals surface area contributed by atoms with Gasteiger partial charge in [0.1, 0.15) is 0 Å². The molecule has 0 aliphatic rings. The number of hydrogen-bond donors (Lipinski definition) is 3. The normalized spacial score (nSPS) is 12.6. The van der Waals surface area contributed by atoms with Crippen molar-refractivity contribution in [3.8, 4) is 5.69 Å². The zero-order chi connectivity index (χ0) is 14.5. The molecule has 0 aliphatic heterocycles. The van der Waals surface area contributed by atoms with Gasteiger partial charge in [0.2, 0.25) is 0 Å². The maximum absolute atomic E-state index is 11.9. The number of hydrogen-bond acceptors (Lipinski definition) is 4. The molecule has 0 amide bonds. The molecule has 0 bridgehead atoms. The van der Waals surface area contributed by atoms with Gasteiger partial charge in [-0.15, -0.1) is 0 Å². The van der Waals surface area contributed by atoms with E-state index in [2.05, 4.69) is 10.2 Å². The molecule has 0 saturated carbocycles. The van der Waals surface area contributed by atoms with Crippen LogP contribution in [0.3, 0.4) is 0 Å². The van der Waals surface area contributed by atoms with Crippen LogP contribution in [0, 0.1) is 0 Å². The average Bonchev–Trinajstić information content (AvgIpc) is 2.81. The van der Waals surface area contributed by atoms with Gasteiger partial charge in [-0.2, -0.15) is 5.10 Å². The topological polar surface area (TPSA) is 103 Å². The van der Waals surface area contributed by atoms with E-state index in [0.29, 0.717) is 29.5 Å². The number of aromatic amines is 1. The van der Waals surface area contributed by atoms with E-state index in [1.807, 2.05) is 6.07 Å². The molecule has 1 unspecified atom stereocenters. The molecular formula is C13H18ClN5O. The van der Waals surface area contributed by atoms with Crippen molar-refractivity contribution in [1.82, 2.24) is 14.8 Å². The molecule has 2 rings (SSSR count). The number of nitrogens with one attached hydrogen (secondary N) is 1. The molecule has 20 heavy (non-hydrogen) atoms. The van der Waals surface area contributed by atoms with Crippen molar-refractivity contribution in [1.29, 1.82) is 0 Å². The number of halogens is 1. The highest BCUT2D eigenvalue weighted by atomic mass is 35.5. The fraction of sp³-hybridized carbons (Fsp3) is 0.385. The average molecular weight is 296 g/mol. The predicted molar refractivity (Wildman–Crippen MR) is 79.0 cm³/mol. The van der Waals surface area contributed by atoms with Crippen molar-refractivity contribution >= 4 is 11.6 Å². The Labute approximate surface area is 121 Å². The van der Waals surface area contributed by atoms with E-state index in [0.717, 1.165) is 12.8 Å². The maximum atomic E-state index is 11.9. The highest BCUT2D eigenvalue weighted by Crippen LogP contribution is 2.22. The lowest BCUT2D eigenvalue weighted by Gasteiger charge is -2.13. The second-order valence-electron chi connectivity index (χ2n) is 4.56. The lowest BCUT2D eigenvalue weighted by molar-refractivity contribution is 0.557. The fourth-order valence-electron chi connectivity index (χ4n) is 2.06. The summed E-state index contributed by atoms with van der Waals surface area (Å²) in [7, 11) is 0. The molecular weight excluding hydrogens is 278 g/mol. The summed E-state index contributed by atoms with van der Waals surface area (Å²) in [6.45, 7) is 0.630. The largest absolute Gasteiger partial charge is 0.348 e. The van der Waals surface area contributed by atoms with Crippen LogP contribution in [0.2, 0.25) is 5.02 Å². The smallest absolute Gasteiger partial charge is 0.330 e. The standard InChI is InChI=1S/C13H18ClN5O/c14-9-5-1-2-7-11(9)19-12(17-18-13(19)20)10(16)6-3-4-8-15/h1-2,5,7,10H,3-4,6,8,15-16H2,(H,18,20). The molecule has 2 aromatic rings. The zero-order valence-electron chi connectivity index (χ0n) is 11.1. The molecule has 108 valence electrons. The summed E-state index contributed by atoms with van der Waals surface area (Å²) in [5, 5.41) is 6.93. The van der Waals surface area contributed by atoms with E-state index >= 15 is 0 Å². The molecule has 0 fully saturated rings. The van der Waals surface area contributed by atoms with Gasteiger partial charge in [-0.05, 0) is 31.5 Å². The third kappa shape index (κ3) is 3.09. The molecule has 1 aromatic carbocycles. The van der Waals surface area contributed by atoms with Crippen LogP contribution in [0.4, 0.5) is 0 Å². The quantitative estimate of drug-likeness (QED) is 0.700. The molecule has 0 saturated heterocycles. The lowest BCUT2D eigenvalue weighted by atomic mass is 10.1. The Morgan fingerprint density at radius 2 is 2.10 bits per heavy atom. The van der Waals surface area contributed by atoms with Gasteiger partial charge < -0.3 is 11.5 Å². The summed E-state index contributed by atoms with van der Waals surface area (Å²) in [5.74, 6) is 0.486. The molecule has 1 aromatic heterocycles. The Morgan fingerprint density at radius 3 is 2.80 bits per heavy atom. The number of unbranched alkanes of at least 4 members (excludes halogenated alkanes) is 1. The van der Waals surface area contributed by atoms with E-state index in [4.69, 9.17) is 23.1 Å². The summed E-state index contributed by atoms with van der Waals surface area (Å²) < 4.78 is 1.43. The van der Waals surface area contributed by atoms with Crippen LogP contribution in [0.15, 0.2) is 29.1 Å². The van der Waals surface area contributed by atoms with Gasteiger partial charge in [0, 0.05) is 0 Å². The van der Waals surface area contributed by atoms with Gasteiger partial charge in [0.15, 0.2) is 5.82 Å². The first-order valence-electron chi connectivity index (χ1n) is 6.53. The Balaban J connectivity index is 2.33. The van der Waals surface area contributed by atoms with Crippen LogP contribution >= 0.6 is 11.6 Å². The molecule has 0 aliphatic carbocycles. The van der Waals surface area contributed by atoms with Crippen LogP contribution in [-0.4, -0.2) is 21.3 Å². The monoisotopic (exact) mass is 295 g/mol. The van der Waals surface area contributed by atoms with Gasteiger partial charge in [-0.1, -0.05) is 30.2 Å². The number of para-hydroxylation sites is 1. The summed E-state index contributed by atoms with van der Waals surface area (Å²) in [5.41, 5.74) is 11.8. The number of aromatic nitrogens is 3. The van der Waals surface area contributed by atoms with E-state index in [1.165, 1.54) is 4.57 Å². The summed E-state index contributed by atoms with van der Waals surface area (Å²) in [6, 6.07) is 6.76. The van der Waals surface area contributed by atoms with Crippen LogP contribution in [0.5, 0.6) is 0 Å². The molecule has 1 atom stereocenters. The summed E-state index contributed by atoms with van der Waals surface area (Å²) >= 11 is 6.13. The van der Waals surface area contributed by atoms with Crippen LogP contribution in [0.1, 0.15) is 31.1 Å². The molecule has 1 heterocycles. The van der Waals surface area contributed by atoms with Crippen LogP contribution in [-0.2, 0) is 0 Å². The number of H-pyrrole nitrogens is 1. The molecule has 7 heteroatoms. The van der Waals surface area contributed by atoms with E-state index in [-0.39, 0.29) is 11.7 Å². The van der Waals surface area contributed by atoms with Crippen LogP contribution in [0.25, 0.3) is 5.69 Å². The fourth-order valence-corrected chi connectivity index (χ4v) is 2.28. The third-order valence-corrected chi connectivity index (χ3v) is 3.41. The minimum atomic E-state index is -0.345. The second-order valence-corrected chi connectivity index (χ2v) is 4.97. The first-order chi connectivity index (χ1) is 9.65. The number of rotatable bonds is 6. The molecule has 0 radical (unpaired) electrons. The van der Waals surface area contributed by atoms with Gasteiger partial charge >= 0.3 is 5.69 Å². The van der Waals surface area contributed by atoms with Crippen molar-refractivity contribution < 1.29 is 0 Å². The predicted octanol–water partition coefficient (Wildman–Crippen LogP) is 1.34. The van der Waals surface area contributed by atoms with Gasteiger partial charge in [0.25, 0.3) is 0 Å². The Kier molecular flexibility index (Phi) is 4.94. The summed E-state index contributed by atoms with van der Waals surface area (Å²) in [6.07, 6.45) is 2.50. The van der Waals surface area contributed by atoms with E-state index < -0.39 is 0 Å². The van der Waals surface area contributed by atoms with Gasteiger partial charge in [0.05, 0.1) is 16.8 Å². The van der Waals surface area contributed by atoms with Gasteiger partial charge in [-0.3, -0.25) is 0 Å². The Hall–Kier alpha value is -1.63. The van der Waals surface area contributed by atoms with Crippen molar-refractivity contribution in [3.63, 3.8) is 0 Å². The lowest BCUT2D eigenvalue weighted by Crippen LogP contribution is -2.22. The Bertz CT molecular complexity index is 621. The van der Waals surface area contributed by atoms with Crippen molar-refractivity contribution in [2.24, 2.45) is 11.5 Å².